The standard InChI is InChI=1S/C26H28BClN2O4/c1-25(2)26(3,4)34-27(33-25)21(16-29-24(31)32-17-18-8-6-5-7-9-18)15-19-10-12-22-20(14-19)11-13-23(28)30-22/h5-15H,16-17H2,1-4H3,(H,29,31). The largest absolute Gasteiger partial charge is 0.492 e. The summed E-state index contributed by atoms with van der Waals surface area (Å²) in [6.45, 7) is 8.40. The van der Waals surface area contributed by atoms with Gasteiger partial charge in [-0.25, -0.2) is 9.78 Å². The third-order valence-corrected chi connectivity index (χ3v) is 6.45. The molecule has 1 aliphatic rings. The Labute approximate surface area is 205 Å². The highest BCUT2D eigenvalue weighted by atomic mass is 35.5. The van der Waals surface area contributed by atoms with Crippen molar-refractivity contribution < 1.29 is 18.8 Å². The highest BCUT2D eigenvalue weighted by molar-refractivity contribution is 6.56. The van der Waals surface area contributed by atoms with Gasteiger partial charge < -0.3 is 19.4 Å². The molecule has 0 spiro atoms. The number of nitrogens with zero attached hydrogens (tertiary/aromatic N) is 1. The van der Waals surface area contributed by atoms with Gasteiger partial charge >= 0.3 is 13.2 Å². The van der Waals surface area contributed by atoms with Gasteiger partial charge in [-0.1, -0.05) is 54.1 Å². The third kappa shape index (κ3) is 5.61. The maximum absolute atomic E-state index is 12.4. The predicted octanol–water partition coefficient (Wildman–Crippen LogP) is 5.83. The number of alkyl carbamates (subject to hydrolysis) is 1. The number of fused-ring (bicyclic) bond motifs is 1. The Morgan fingerprint density at radius 3 is 2.47 bits per heavy atom. The summed E-state index contributed by atoms with van der Waals surface area (Å²) >= 11 is 6.01. The Morgan fingerprint density at radius 1 is 1.06 bits per heavy atom. The molecule has 1 aliphatic heterocycles. The lowest BCUT2D eigenvalue weighted by molar-refractivity contribution is 0.00578. The van der Waals surface area contributed by atoms with Crippen molar-refractivity contribution in [3.8, 4) is 0 Å². The minimum Gasteiger partial charge on any atom is -0.445 e. The van der Waals surface area contributed by atoms with Crippen molar-refractivity contribution in [1.82, 2.24) is 10.3 Å². The topological polar surface area (TPSA) is 69.7 Å². The maximum atomic E-state index is 12.4. The first-order valence-corrected chi connectivity index (χ1v) is 11.6. The number of carbonyl (C=O) groups excluding carboxylic acids is 1. The van der Waals surface area contributed by atoms with E-state index in [4.69, 9.17) is 25.6 Å². The average molecular weight is 479 g/mol. The molecule has 2 aromatic carbocycles. The molecule has 1 fully saturated rings. The molecule has 1 N–H and O–H groups in total. The molecule has 34 heavy (non-hydrogen) atoms. The molecule has 3 aromatic rings. The van der Waals surface area contributed by atoms with E-state index < -0.39 is 24.4 Å². The number of halogens is 1. The first kappa shape index (κ1) is 24.3. The first-order chi connectivity index (χ1) is 16.1. The zero-order chi connectivity index (χ0) is 24.3. The summed E-state index contributed by atoms with van der Waals surface area (Å²) in [6.07, 6.45) is 1.46. The van der Waals surface area contributed by atoms with Crippen LogP contribution in [0.2, 0.25) is 5.15 Å². The number of rotatable bonds is 6. The highest BCUT2D eigenvalue weighted by Gasteiger charge is 2.52. The van der Waals surface area contributed by atoms with E-state index >= 15 is 0 Å². The summed E-state index contributed by atoms with van der Waals surface area (Å²) in [5.74, 6) is 0. The fraction of sp³-hybridized carbons (Fsp3) is 0.308. The van der Waals surface area contributed by atoms with Crippen molar-refractivity contribution in [2.24, 2.45) is 0 Å². The Hall–Kier alpha value is -2.87. The summed E-state index contributed by atoms with van der Waals surface area (Å²) in [6, 6.07) is 19.1. The van der Waals surface area contributed by atoms with Crippen LogP contribution in [-0.4, -0.2) is 35.9 Å². The van der Waals surface area contributed by atoms with Gasteiger partial charge in [-0.15, -0.1) is 0 Å². The number of pyridine rings is 1. The molecule has 1 saturated heterocycles. The molecule has 176 valence electrons. The average Bonchev–Trinajstić information content (AvgIpc) is 3.02. The number of hydrogen-bond acceptors (Lipinski definition) is 5. The second-order valence-corrected chi connectivity index (χ2v) is 9.70. The first-order valence-electron chi connectivity index (χ1n) is 11.2. The number of ether oxygens (including phenoxy) is 1. The molecular formula is C26H28BClN2O4. The van der Waals surface area contributed by atoms with Crippen molar-refractivity contribution in [3.05, 3.63) is 82.4 Å². The second kappa shape index (κ2) is 9.78. The van der Waals surface area contributed by atoms with Crippen LogP contribution >= 0.6 is 11.6 Å². The van der Waals surface area contributed by atoms with E-state index in [1.54, 1.807) is 6.07 Å². The Kier molecular flexibility index (Phi) is 6.98. The van der Waals surface area contributed by atoms with Crippen molar-refractivity contribution in [2.75, 3.05) is 6.54 Å². The summed E-state index contributed by atoms with van der Waals surface area (Å²) in [7, 11) is -0.613. The molecule has 0 radical (unpaired) electrons. The van der Waals surface area contributed by atoms with Crippen molar-refractivity contribution >= 4 is 41.8 Å². The third-order valence-electron chi connectivity index (χ3n) is 6.24. The minimum absolute atomic E-state index is 0.197. The zero-order valence-corrected chi connectivity index (χ0v) is 20.6. The number of nitrogens with one attached hydrogen (secondary N) is 1. The molecule has 1 amide bonds. The number of carbonyl (C=O) groups is 1. The normalized spacial score (nSPS) is 17.1. The molecule has 0 unspecified atom stereocenters. The molecule has 0 atom stereocenters. The molecular weight excluding hydrogens is 451 g/mol. The highest BCUT2D eigenvalue weighted by Crippen LogP contribution is 2.38. The second-order valence-electron chi connectivity index (χ2n) is 9.31. The van der Waals surface area contributed by atoms with E-state index in [0.717, 1.165) is 27.5 Å². The van der Waals surface area contributed by atoms with Gasteiger partial charge in [0.25, 0.3) is 0 Å². The van der Waals surface area contributed by atoms with Crippen LogP contribution in [0.15, 0.2) is 66.1 Å². The summed E-state index contributed by atoms with van der Waals surface area (Å²) < 4.78 is 17.9. The fourth-order valence-electron chi connectivity index (χ4n) is 3.57. The Morgan fingerprint density at radius 2 is 1.76 bits per heavy atom. The van der Waals surface area contributed by atoms with E-state index in [-0.39, 0.29) is 13.2 Å². The summed E-state index contributed by atoms with van der Waals surface area (Å²) in [4.78, 5) is 16.7. The van der Waals surface area contributed by atoms with Crippen molar-refractivity contribution in [1.29, 1.82) is 0 Å². The van der Waals surface area contributed by atoms with Crippen LogP contribution in [0.1, 0.15) is 38.8 Å². The predicted molar refractivity (Wildman–Crippen MR) is 135 cm³/mol. The van der Waals surface area contributed by atoms with Gasteiger partial charge in [-0.3, -0.25) is 0 Å². The smallest absolute Gasteiger partial charge is 0.445 e. The van der Waals surface area contributed by atoms with E-state index in [9.17, 15) is 4.79 Å². The maximum Gasteiger partial charge on any atom is 0.492 e. The van der Waals surface area contributed by atoms with Crippen LogP contribution in [0.25, 0.3) is 17.0 Å². The van der Waals surface area contributed by atoms with Gasteiger partial charge in [-0.05, 0) is 68.6 Å². The Balaban J connectivity index is 1.53. The number of amides is 1. The van der Waals surface area contributed by atoms with Crippen LogP contribution in [0.3, 0.4) is 0 Å². The number of benzene rings is 2. The molecule has 1 aromatic heterocycles. The van der Waals surface area contributed by atoms with Gasteiger partial charge in [0, 0.05) is 11.9 Å². The molecule has 6 nitrogen and oxygen atoms in total. The SMILES string of the molecule is CC1(C)OB(C(=Cc2ccc3nc(Cl)ccc3c2)CNC(=O)OCc2ccccc2)OC1(C)C. The molecule has 2 heterocycles. The van der Waals surface area contributed by atoms with Gasteiger partial charge in [0.2, 0.25) is 0 Å². The lowest BCUT2D eigenvalue weighted by Gasteiger charge is -2.32. The van der Waals surface area contributed by atoms with E-state index in [0.29, 0.717) is 5.15 Å². The van der Waals surface area contributed by atoms with E-state index in [1.807, 2.05) is 88.4 Å². The molecule has 8 heteroatoms. The monoisotopic (exact) mass is 478 g/mol. The summed E-state index contributed by atoms with van der Waals surface area (Å²) in [5.41, 5.74) is 2.43. The van der Waals surface area contributed by atoms with Crippen LogP contribution < -0.4 is 5.32 Å². The fourth-order valence-corrected chi connectivity index (χ4v) is 3.72. The number of hydrogen-bond donors (Lipinski definition) is 1. The van der Waals surface area contributed by atoms with Crippen LogP contribution in [0, 0.1) is 0 Å². The van der Waals surface area contributed by atoms with Gasteiger partial charge in [0.1, 0.15) is 11.8 Å². The van der Waals surface area contributed by atoms with Gasteiger partial charge in [0.15, 0.2) is 0 Å². The van der Waals surface area contributed by atoms with E-state index in [2.05, 4.69) is 10.3 Å². The van der Waals surface area contributed by atoms with Crippen molar-refractivity contribution in [2.45, 2.75) is 45.5 Å². The van der Waals surface area contributed by atoms with Crippen LogP contribution in [0.4, 0.5) is 4.79 Å². The lowest BCUT2D eigenvalue weighted by Crippen LogP contribution is -2.41. The minimum atomic E-state index is -0.613. The number of aromatic nitrogens is 1. The van der Waals surface area contributed by atoms with Crippen molar-refractivity contribution in [3.63, 3.8) is 0 Å². The van der Waals surface area contributed by atoms with Gasteiger partial charge in [0.05, 0.1) is 16.7 Å². The quantitative estimate of drug-likeness (QED) is 0.356. The molecule has 0 bridgehead atoms. The summed E-state index contributed by atoms with van der Waals surface area (Å²) in [5, 5.41) is 4.24. The lowest BCUT2D eigenvalue weighted by atomic mass is 9.77. The molecule has 0 saturated carbocycles. The zero-order valence-electron chi connectivity index (χ0n) is 19.8. The molecule has 4 rings (SSSR count). The van der Waals surface area contributed by atoms with Crippen LogP contribution in [0.5, 0.6) is 0 Å². The van der Waals surface area contributed by atoms with Crippen LogP contribution in [-0.2, 0) is 20.7 Å². The molecule has 0 aliphatic carbocycles. The van der Waals surface area contributed by atoms with E-state index in [1.165, 1.54) is 0 Å². The van der Waals surface area contributed by atoms with Gasteiger partial charge in [-0.2, -0.15) is 0 Å². The Bertz CT molecular complexity index is 1200.